The van der Waals surface area contributed by atoms with E-state index in [2.05, 4.69) is 20.8 Å². The minimum Gasteiger partial charge on any atom is -0.481 e. The molecule has 0 aromatic carbocycles. The predicted molar refractivity (Wildman–Crippen MR) is 147 cm³/mol. The van der Waals surface area contributed by atoms with Crippen LogP contribution >= 0.6 is 0 Å². The molecule has 2 unspecified atom stereocenters. The summed E-state index contributed by atoms with van der Waals surface area (Å²) < 4.78 is 0. The van der Waals surface area contributed by atoms with Gasteiger partial charge in [0.05, 0.1) is 5.41 Å². The normalized spacial score (nSPS) is 14.3. The van der Waals surface area contributed by atoms with Crippen molar-refractivity contribution in [2.24, 2.45) is 11.3 Å². The Kier molecular flexibility index (Phi) is 22.9. The van der Waals surface area contributed by atoms with Gasteiger partial charge in [0.15, 0.2) is 0 Å². The van der Waals surface area contributed by atoms with Crippen LogP contribution in [0.5, 0.6) is 0 Å². The highest BCUT2D eigenvalue weighted by molar-refractivity contribution is 5.74. The zero-order valence-corrected chi connectivity index (χ0v) is 23.4. The van der Waals surface area contributed by atoms with Gasteiger partial charge in [0.25, 0.3) is 0 Å². The fraction of sp³-hybridized carbons (Fsp3) is 0.968. The highest BCUT2D eigenvalue weighted by atomic mass is 16.4. The van der Waals surface area contributed by atoms with Crippen LogP contribution in [0.15, 0.2) is 0 Å². The standard InChI is InChI=1S/C31H62O2/c1-5-8-11-13-15-16-17-19-21-23-26-29(25-22-20-18-14-12-9-6-2)28-31(4,30(32)33)27-24-10-7-3/h29H,5-28H2,1-4H3,(H,32,33). The van der Waals surface area contributed by atoms with Gasteiger partial charge in [-0.25, -0.2) is 0 Å². The summed E-state index contributed by atoms with van der Waals surface area (Å²) in [5.74, 6) is 0.0312. The van der Waals surface area contributed by atoms with Gasteiger partial charge in [0, 0.05) is 0 Å². The fourth-order valence-corrected chi connectivity index (χ4v) is 5.36. The van der Waals surface area contributed by atoms with Gasteiger partial charge in [-0.15, -0.1) is 0 Å². The van der Waals surface area contributed by atoms with Crippen molar-refractivity contribution in [1.82, 2.24) is 0 Å². The van der Waals surface area contributed by atoms with Crippen LogP contribution in [-0.4, -0.2) is 11.1 Å². The van der Waals surface area contributed by atoms with E-state index in [1.807, 2.05) is 6.92 Å². The van der Waals surface area contributed by atoms with Gasteiger partial charge in [0.1, 0.15) is 0 Å². The molecule has 0 radical (unpaired) electrons. The summed E-state index contributed by atoms with van der Waals surface area (Å²) in [5.41, 5.74) is -0.528. The van der Waals surface area contributed by atoms with Crippen LogP contribution in [-0.2, 0) is 4.79 Å². The van der Waals surface area contributed by atoms with Crippen molar-refractivity contribution in [3.8, 4) is 0 Å². The lowest BCUT2D eigenvalue weighted by molar-refractivity contribution is -0.149. The molecule has 0 amide bonds. The Balaban J connectivity index is 4.39. The van der Waals surface area contributed by atoms with Crippen LogP contribution in [0.3, 0.4) is 0 Å². The van der Waals surface area contributed by atoms with E-state index in [0.717, 1.165) is 32.1 Å². The smallest absolute Gasteiger partial charge is 0.309 e. The summed E-state index contributed by atoms with van der Waals surface area (Å²) in [4.78, 5) is 12.2. The van der Waals surface area contributed by atoms with Crippen molar-refractivity contribution in [2.75, 3.05) is 0 Å². The Hall–Kier alpha value is -0.530. The Labute approximate surface area is 209 Å². The molecule has 0 heterocycles. The van der Waals surface area contributed by atoms with E-state index in [4.69, 9.17) is 0 Å². The second-order valence-corrected chi connectivity index (χ2v) is 11.3. The molecule has 0 aromatic rings. The molecule has 0 fully saturated rings. The van der Waals surface area contributed by atoms with Gasteiger partial charge in [-0.05, 0) is 25.7 Å². The number of aliphatic carboxylic acids is 1. The van der Waals surface area contributed by atoms with E-state index >= 15 is 0 Å². The van der Waals surface area contributed by atoms with Crippen molar-refractivity contribution < 1.29 is 9.90 Å². The van der Waals surface area contributed by atoms with Gasteiger partial charge in [-0.3, -0.25) is 4.79 Å². The third kappa shape index (κ3) is 19.5. The van der Waals surface area contributed by atoms with Crippen molar-refractivity contribution in [2.45, 2.75) is 182 Å². The van der Waals surface area contributed by atoms with Crippen molar-refractivity contribution >= 4 is 5.97 Å². The van der Waals surface area contributed by atoms with Crippen molar-refractivity contribution in [3.63, 3.8) is 0 Å². The molecule has 0 saturated heterocycles. The third-order valence-electron chi connectivity index (χ3n) is 7.77. The summed E-state index contributed by atoms with van der Waals surface area (Å²) in [6, 6.07) is 0. The van der Waals surface area contributed by atoms with Gasteiger partial charge in [-0.1, -0.05) is 162 Å². The van der Waals surface area contributed by atoms with E-state index in [9.17, 15) is 9.90 Å². The summed E-state index contributed by atoms with van der Waals surface area (Å²) in [5, 5.41) is 10.0. The molecular weight excluding hydrogens is 404 g/mol. The third-order valence-corrected chi connectivity index (χ3v) is 7.77. The lowest BCUT2D eigenvalue weighted by Crippen LogP contribution is -2.30. The zero-order valence-electron chi connectivity index (χ0n) is 23.4. The lowest BCUT2D eigenvalue weighted by Gasteiger charge is -2.30. The van der Waals surface area contributed by atoms with Crippen LogP contribution in [0.25, 0.3) is 0 Å². The first-order chi connectivity index (χ1) is 16.0. The molecular formula is C31H62O2. The fourth-order valence-electron chi connectivity index (χ4n) is 5.36. The number of hydrogen-bond acceptors (Lipinski definition) is 1. The number of hydrogen-bond donors (Lipinski definition) is 1. The summed E-state index contributed by atoms with van der Waals surface area (Å²) in [6.45, 7) is 8.79. The minimum atomic E-state index is -0.564. The predicted octanol–water partition coefficient (Wildman–Crippen LogP) is 11.1. The second-order valence-electron chi connectivity index (χ2n) is 11.3. The van der Waals surface area contributed by atoms with E-state index in [0.29, 0.717) is 5.92 Å². The van der Waals surface area contributed by atoms with E-state index < -0.39 is 11.4 Å². The molecule has 2 atom stereocenters. The Morgan fingerprint density at radius 1 is 0.576 bits per heavy atom. The maximum Gasteiger partial charge on any atom is 0.309 e. The summed E-state index contributed by atoms with van der Waals surface area (Å²) in [6.07, 6.45) is 30.8. The number of rotatable bonds is 26. The minimum absolute atomic E-state index is 0.528. The molecule has 0 rings (SSSR count). The van der Waals surface area contributed by atoms with Gasteiger partial charge >= 0.3 is 5.97 Å². The first-order valence-corrected chi connectivity index (χ1v) is 15.2. The maximum absolute atomic E-state index is 12.2. The number of unbranched alkanes of at least 4 members (excludes halogenated alkanes) is 17. The lowest BCUT2D eigenvalue weighted by atomic mass is 9.74. The van der Waals surface area contributed by atoms with E-state index in [1.54, 1.807) is 0 Å². The zero-order chi connectivity index (χ0) is 24.6. The molecule has 2 heteroatoms. The molecule has 0 aromatic heterocycles. The number of carbonyl (C=O) groups is 1. The van der Waals surface area contributed by atoms with Crippen molar-refractivity contribution in [1.29, 1.82) is 0 Å². The average molecular weight is 467 g/mol. The first-order valence-electron chi connectivity index (χ1n) is 15.2. The second kappa shape index (κ2) is 23.2. The monoisotopic (exact) mass is 466 g/mol. The Bertz CT molecular complexity index is 419. The molecule has 0 aliphatic rings. The van der Waals surface area contributed by atoms with Gasteiger partial charge in [-0.2, -0.15) is 0 Å². The SMILES string of the molecule is CCCCCCCCCCCCC(CCCCCCCCC)CC(C)(CCCCC)C(=O)O. The number of carboxylic acid groups (broad SMARTS) is 1. The highest BCUT2D eigenvalue weighted by Gasteiger charge is 2.34. The summed E-state index contributed by atoms with van der Waals surface area (Å²) in [7, 11) is 0. The van der Waals surface area contributed by atoms with Crippen LogP contribution in [0.1, 0.15) is 182 Å². The molecule has 0 saturated carbocycles. The molecule has 0 spiro atoms. The topological polar surface area (TPSA) is 37.3 Å². The molecule has 0 aliphatic heterocycles. The molecule has 0 aliphatic carbocycles. The van der Waals surface area contributed by atoms with Gasteiger partial charge in [0.2, 0.25) is 0 Å². The Morgan fingerprint density at radius 2 is 0.909 bits per heavy atom. The van der Waals surface area contributed by atoms with Crippen LogP contribution in [0, 0.1) is 11.3 Å². The summed E-state index contributed by atoms with van der Waals surface area (Å²) >= 11 is 0. The van der Waals surface area contributed by atoms with E-state index in [-0.39, 0.29) is 0 Å². The van der Waals surface area contributed by atoms with Gasteiger partial charge < -0.3 is 5.11 Å². The van der Waals surface area contributed by atoms with E-state index in [1.165, 1.54) is 122 Å². The molecule has 198 valence electrons. The van der Waals surface area contributed by atoms with Crippen molar-refractivity contribution in [3.05, 3.63) is 0 Å². The number of carboxylic acids is 1. The van der Waals surface area contributed by atoms with Crippen LogP contribution in [0.2, 0.25) is 0 Å². The molecule has 33 heavy (non-hydrogen) atoms. The average Bonchev–Trinajstić information content (AvgIpc) is 2.79. The van der Waals surface area contributed by atoms with Crippen LogP contribution < -0.4 is 0 Å². The Morgan fingerprint density at radius 3 is 1.27 bits per heavy atom. The quantitative estimate of drug-likeness (QED) is 0.129. The molecule has 0 bridgehead atoms. The molecule has 2 nitrogen and oxygen atoms in total. The highest BCUT2D eigenvalue weighted by Crippen LogP contribution is 2.36. The van der Waals surface area contributed by atoms with Crippen LogP contribution in [0.4, 0.5) is 0 Å². The first kappa shape index (κ1) is 32.5. The molecule has 1 N–H and O–H groups in total. The largest absolute Gasteiger partial charge is 0.481 e. The maximum atomic E-state index is 12.2.